The van der Waals surface area contributed by atoms with E-state index in [1.165, 1.54) is 0 Å². The van der Waals surface area contributed by atoms with Crippen LogP contribution in [-0.2, 0) is 4.79 Å². The summed E-state index contributed by atoms with van der Waals surface area (Å²) in [6.45, 7) is 0.776. The van der Waals surface area contributed by atoms with Gasteiger partial charge in [-0.25, -0.2) is 8.78 Å². The number of hydrogen-bond acceptors (Lipinski definition) is 3. The Kier molecular flexibility index (Phi) is 2.72. The molecule has 1 N–H and O–H groups in total. The highest BCUT2D eigenvalue weighted by atomic mass is 32.2. The molecule has 20 heavy (non-hydrogen) atoms. The number of aliphatic imine (C=N–C) groups is 1. The predicted molar refractivity (Wildman–Crippen MR) is 62.6 cm³/mol. The number of carbonyl (C=O) groups is 1. The summed E-state index contributed by atoms with van der Waals surface area (Å²) in [7, 11) is 0. The molecule has 2 fully saturated rings. The van der Waals surface area contributed by atoms with E-state index in [0.29, 0.717) is 11.8 Å². The van der Waals surface area contributed by atoms with E-state index < -0.39 is 34.6 Å². The summed E-state index contributed by atoms with van der Waals surface area (Å²) in [5.74, 6) is -5.25. The normalized spacial score (nSPS) is 42.4. The number of nitrogens with one attached hydrogen (secondary N) is 1. The van der Waals surface area contributed by atoms with E-state index >= 15 is 0 Å². The highest BCUT2D eigenvalue weighted by Gasteiger charge is 2.71. The topological polar surface area (TPSA) is 41.5 Å². The van der Waals surface area contributed by atoms with Crippen molar-refractivity contribution in [2.24, 2.45) is 16.8 Å². The minimum absolute atomic E-state index is 0.121. The van der Waals surface area contributed by atoms with Gasteiger partial charge in [-0.2, -0.15) is 18.2 Å². The molecular formula is C11H11F5N2OS. The predicted octanol–water partition coefficient (Wildman–Crippen LogP) is 2.57. The number of rotatable bonds is 1. The lowest BCUT2D eigenvalue weighted by Gasteiger charge is -2.24. The molecule has 3 unspecified atom stereocenters. The SMILES string of the molecule is CC1(C(F)(F)F)SC(NC2CC3C(C2)C3(F)F)=NC1=O. The molecule has 3 rings (SSSR count). The van der Waals surface area contributed by atoms with Crippen molar-refractivity contribution in [1.29, 1.82) is 0 Å². The van der Waals surface area contributed by atoms with Crippen LogP contribution in [0.25, 0.3) is 0 Å². The summed E-state index contributed by atoms with van der Waals surface area (Å²) in [4.78, 5) is 14.8. The molecule has 0 aromatic carbocycles. The van der Waals surface area contributed by atoms with Gasteiger partial charge in [0.2, 0.25) is 0 Å². The Hall–Kier alpha value is -0.860. The highest BCUT2D eigenvalue weighted by Crippen LogP contribution is 2.64. The van der Waals surface area contributed by atoms with Gasteiger partial charge in [0.05, 0.1) is 0 Å². The first kappa shape index (κ1) is 14.1. The average molecular weight is 314 g/mol. The van der Waals surface area contributed by atoms with Crippen molar-refractivity contribution in [2.75, 3.05) is 0 Å². The average Bonchev–Trinajstić information content (AvgIpc) is 2.69. The maximum atomic E-state index is 13.0. The van der Waals surface area contributed by atoms with Gasteiger partial charge in [-0.3, -0.25) is 4.79 Å². The highest BCUT2D eigenvalue weighted by molar-refractivity contribution is 8.16. The molecule has 3 nitrogen and oxygen atoms in total. The molecule has 1 heterocycles. The van der Waals surface area contributed by atoms with E-state index in [0.717, 1.165) is 6.92 Å². The third-order valence-electron chi connectivity index (χ3n) is 4.22. The van der Waals surface area contributed by atoms with Crippen molar-refractivity contribution in [3.63, 3.8) is 0 Å². The van der Waals surface area contributed by atoms with Crippen molar-refractivity contribution in [2.45, 2.75) is 42.7 Å². The summed E-state index contributed by atoms with van der Waals surface area (Å²) in [5, 5.41) is 2.57. The zero-order valence-electron chi connectivity index (χ0n) is 10.3. The monoisotopic (exact) mass is 314 g/mol. The van der Waals surface area contributed by atoms with Gasteiger partial charge in [0, 0.05) is 17.9 Å². The Morgan fingerprint density at radius 1 is 1.30 bits per heavy atom. The number of nitrogens with zero attached hydrogens (tertiary/aromatic N) is 1. The van der Waals surface area contributed by atoms with Gasteiger partial charge < -0.3 is 5.32 Å². The molecule has 1 amide bonds. The van der Waals surface area contributed by atoms with Crippen LogP contribution in [0.5, 0.6) is 0 Å². The maximum Gasteiger partial charge on any atom is 0.412 e. The van der Waals surface area contributed by atoms with Crippen LogP contribution < -0.4 is 5.32 Å². The third kappa shape index (κ3) is 1.85. The summed E-state index contributed by atoms with van der Waals surface area (Å²) in [5.41, 5.74) is 0. The van der Waals surface area contributed by atoms with E-state index in [1.807, 2.05) is 0 Å². The van der Waals surface area contributed by atoms with E-state index in [2.05, 4.69) is 10.3 Å². The lowest BCUT2D eigenvalue weighted by Crippen LogP contribution is -2.44. The maximum absolute atomic E-state index is 13.0. The number of amidine groups is 1. The third-order valence-corrected chi connectivity index (χ3v) is 5.44. The van der Waals surface area contributed by atoms with Crippen molar-refractivity contribution in [3.05, 3.63) is 0 Å². The van der Waals surface area contributed by atoms with Crippen LogP contribution in [-0.4, -0.2) is 34.0 Å². The fraction of sp³-hybridized carbons (Fsp3) is 0.818. The molecule has 3 atom stereocenters. The molecule has 0 aromatic heterocycles. The van der Waals surface area contributed by atoms with E-state index in [4.69, 9.17) is 0 Å². The fourth-order valence-corrected chi connectivity index (χ4v) is 3.79. The molecule has 3 aliphatic rings. The molecule has 0 bridgehead atoms. The fourth-order valence-electron chi connectivity index (χ4n) is 2.80. The quantitative estimate of drug-likeness (QED) is 0.756. The molecule has 2 aliphatic carbocycles. The van der Waals surface area contributed by atoms with Crippen molar-refractivity contribution in [1.82, 2.24) is 5.32 Å². The zero-order valence-corrected chi connectivity index (χ0v) is 11.1. The van der Waals surface area contributed by atoms with Gasteiger partial charge in [-0.1, -0.05) is 11.8 Å². The van der Waals surface area contributed by atoms with Crippen molar-refractivity contribution >= 4 is 22.8 Å². The number of amides is 1. The van der Waals surface area contributed by atoms with Gasteiger partial charge >= 0.3 is 6.18 Å². The van der Waals surface area contributed by atoms with E-state index in [1.54, 1.807) is 0 Å². The summed E-state index contributed by atoms with van der Waals surface area (Å²) >= 11 is 0.308. The Balaban J connectivity index is 1.62. The molecule has 0 radical (unpaired) electrons. The standard InChI is InChI=1S/C11H11F5N2OS/c1-9(11(14,15)16)7(19)18-8(20-9)17-4-2-5-6(3-4)10(5,12)13/h4-6H,2-3H2,1H3,(H,17,18,19). The van der Waals surface area contributed by atoms with Crippen LogP contribution in [0.1, 0.15) is 19.8 Å². The Morgan fingerprint density at radius 3 is 2.30 bits per heavy atom. The number of carbonyl (C=O) groups excluding carboxylic acids is 1. The molecule has 1 aliphatic heterocycles. The molecule has 0 saturated heterocycles. The summed E-state index contributed by atoms with van der Waals surface area (Å²) in [6.07, 6.45) is -4.30. The Labute approximate surface area is 115 Å². The van der Waals surface area contributed by atoms with Gasteiger partial charge in [0.25, 0.3) is 11.8 Å². The lowest BCUT2D eigenvalue weighted by molar-refractivity contribution is -0.165. The van der Waals surface area contributed by atoms with Gasteiger partial charge in [-0.15, -0.1) is 0 Å². The number of hydrogen-bond donors (Lipinski definition) is 1. The van der Waals surface area contributed by atoms with Gasteiger partial charge in [-0.05, 0) is 19.8 Å². The molecular weight excluding hydrogens is 303 g/mol. The number of halogens is 5. The van der Waals surface area contributed by atoms with Crippen LogP contribution in [0.2, 0.25) is 0 Å². The largest absolute Gasteiger partial charge is 0.412 e. The van der Waals surface area contributed by atoms with E-state index in [-0.39, 0.29) is 24.1 Å². The molecule has 0 aromatic rings. The Bertz CT molecular complexity index is 492. The molecule has 112 valence electrons. The first-order chi connectivity index (χ1) is 9.05. The molecule has 0 spiro atoms. The van der Waals surface area contributed by atoms with Crippen LogP contribution in [0.3, 0.4) is 0 Å². The first-order valence-corrected chi connectivity index (χ1v) is 6.90. The van der Waals surface area contributed by atoms with Crippen LogP contribution in [0.15, 0.2) is 4.99 Å². The van der Waals surface area contributed by atoms with Gasteiger partial charge in [0.15, 0.2) is 9.91 Å². The van der Waals surface area contributed by atoms with E-state index in [9.17, 15) is 26.7 Å². The van der Waals surface area contributed by atoms with Crippen LogP contribution in [0, 0.1) is 11.8 Å². The second-order valence-electron chi connectivity index (χ2n) is 5.56. The zero-order chi connectivity index (χ0) is 14.9. The minimum atomic E-state index is -4.70. The first-order valence-electron chi connectivity index (χ1n) is 6.09. The van der Waals surface area contributed by atoms with Crippen LogP contribution in [0.4, 0.5) is 22.0 Å². The number of fused-ring (bicyclic) bond motifs is 1. The minimum Gasteiger partial charge on any atom is -0.362 e. The number of alkyl halides is 5. The Morgan fingerprint density at radius 2 is 1.85 bits per heavy atom. The van der Waals surface area contributed by atoms with Crippen molar-refractivity contribution < 1.29 is 26.7 Å². The van der Waals surface area contributed by atoms with Crippen LogP contribution >= 0.6 is 11.8 Å². The molecule has 9 heteroatoms. The summed E-state index contributed by atoms with van der Waals surface area (Å²) < 4.78 is 61.9. The second-order valence-corrected chi connectivity index (χ2v) is 6.96. The number of thioether (sulfide) groups is 1. The van der Waals surface area contributed by atoms with Crippen molar-refractivity contribution in [3.8, 4) is 0 Å². The smallest absolute Gasteiger partial charge is 0.362 e. The summed E-state index contributed by atoms with van der Waals surface area (Å²) in [6, 6.07) is -0.334. The van der Waals surface area contributed by atoms with Gasteiger partial charge in [0.1, 0.15) is 0 Å². The second kappa shape index (κ2) is 3.86. The lowest BCUT2D eigenvalue weighted by atomic mass is 10.1. The molecule has 2 saturated carbocycles.